The Hall–Kier alpha value is -2.34. The summed E-state index contributed by atoms with van der Waals surface area (Å²) < 4.78 is 0. The normalized spacial score (nSPS) is 11.8. The Morgan fingerprint density at radius 1 is 1.25 bits per heavy atom. The number of carbonyl (C=O) groups is 2. The molecule has 2 aromatic rings. The van der Waals surface area contributed by atoms with Crippen LogP contribution in [0.3, 0.4) is 0 Å². The fraction of sp³-hybridized carbons (Fsp3) is 0.333. The molecule has 0 bridgehead atoms. The number of nitrogens with zero attached hydrogens (tertiary/aromatic N) is 1. The minimum absolute atomic E-state index is 0.162. The SMILES string of the molecule is CCCN(Cc1ccccc1O)C(=O)[C@@H](C)NC(=O)c1cccs1. The molecular weight excluding hydrogens is 324 g/mol. The number of rotatable bonds is 7. The first kappa shape index (κ1) is 18.0. The van der Waals surface area contributed by atoms with Gasteiger partial charge in [0.05, 0.1) is 4.88 Å². The van der Waals surface area contributed by atoms with E-state index in [0.29, 0.717) is 23.5 Å². The number of phenols is 1. The Kier molecular flexibility index (Phi) is 6.37. The lowest BCUT2D eigenvalue weighted by atomic mass is 10.1. The minimum atomic E-state index is -0.628. The summed E-state index contributed by atoms with van der Waals surface area (Å²) in [6.45, 7) is 4.55. The third-order valence-electron chi connectivity index (χ3n) is 3.62. The first-order valence-electron chi connectivity index (χ1n) is 7.93. The van der Waals surface area contributed by atoms with Gasteiger partial charge in [0.2, 0.25) is 5.91 Å². The summed E-state index contributed by atoms with van der Waals surface area (Å²) in [5.41, 5.74) is 0.691. The van der Waals surface area contributed by atoms with Crippen molar-refractivity contribution in [3.8, 4) is 5.75 Å². The van der Waals surface area contributed by atoms with Crippen LogP contribution in [0.15, 0.2) is 41.8 Å². The summed E-state index contributed by atoms with van der Waals surface area (Å²) in [5.74, 6) is -0.239. The Bertz CT molecular complexity index is 685. The maximum Gasteiger partial charge on any atom is 0.261 e. The quantitative estimate of drug-likeness (QED) is 0.810. The lowest BCUT2D eigenvalue weighted by Crippen LogP contribution is -2.46. The molecule has 0 radical (unpaired) electrons. The molecule has 2 rings (SSSR count). The van der Waals surface area contributed by atoms with Crippen molar-refractivity contribution in [1.82, 2.24) is 10.2 Å². The smallest absolute Gasteiger partial charge is 0.261 e. The number of phenolic OH excluding ortho intramolecular Hbond substituents is 1. The highest BCUT2D eigenvalue weighted by Gasteiger charge is 2.23. The van der Waals surface area contributed by atoms with Gasteiger partial charge < -0.3 is 15.3 Å². The molecule has 0 aliphatic rings. The van der Waals surface area contributed by atoms with Crippen molar-refractivity contribution in [2.24, 2.45) is 0 Å². The van der Waals surface area contributed by atoms with Crippen molar-refractivity contribution in [2.75, 3.05) is 6.54 Å². The summed E-state index contributed by atoms with van der Waals surface area (Å²) >= 11 is 1.34. The molecule has 2 N–H and O–H groups in total. The van der Waals surface area contributed by atoms with E-state index in [1.54, 1.807) is 42.2 Å². The number of aromatic hydroxyl groups is 1. The first-order chi connectivity index (χ1) is 11.5. The van der Waals surface area contributed by atoms with E-state index in [0.717, 1.165) is 6.42 Å². The molecule has 2 amide bonds. The van der Waals surface area contributed by atoms with E-state index in [9.17, 15) is 14.7 Å². The molecule has 0 aliphatic heterocycles. The van der Waals surface area contributed by atoms with Crippen LogP contribution in [0, 0.1) is 0 Å². The van der Waals surface area contributed by atoms with Gasteiger partial charge in [0.1, 0.15) is 11.8 Å². The average molecular weight is 346 g/mol. The van der Waals surface area contributed by atoms with Crippen LogP contribution in [0.25, 0.3) is 0 Å². The molecule has 0 spiro atoms. The Balaban J connectivity index is 2.05. The summed E-state index contributed by atoms with van der Waals surface area (Å²) in [6.07, 6.45) is 0.797. The molecule has 1 heterocycles. The second-order valence-corrected chi connectivity index (χ2v) is 6.51. The van der Waals surface area contributed by atoms with Crippen molar-refractivity contribution in [3.63, 3.8) is 0 Å². The number of benzene rings is 1. The first-order valence-corrected chi connectivity index (χ1v) is 8.81. The zero-order valence-corrected chi connectivity index (χ0v) is 14.7. The minimum Gasteiger partial charge on any atom is -0.508 e. The third-order valence-corrected chi connectivity index (χ3v) is 4.49. The zero-order chi connectivity index (χ0) is 17.5. The third kappa shape index (κ3) is 4.58. The standard InChI is InChI=1S/C18H22N2O3S/c1-3-10-20(12-14-7-4-5-8-15(14)21)18(23)13(2)19-17(22)16-9-6-11-24-16/h4-9,11,13,21H,3,10,12H2,1-2H3,(H,19,22)/t13-/m1/s1. The molecule has 5 nitrogen and oxygen atoms in total. The topological polar surface area (TPSA) is 69.6 Å². The fourth-order valence-electron chi connectivity index (χ4n) is 2.40. The van der Waals surface area contributed by atoms with Gasteiger partial charge in [-0.2, -0.15) is 0 Å². The number of carbonyl (C=O) groups excluding carboxylic acids is 2. The van der Waals surface area contributed by atoms with Crippen molar-refractivity contribution in [3.05, 3.63) is 52.2 Å². The van der Waals surface area contributed by atoms with Crippen molar-refractivity contribution < 1.29 is 14.7 Å². The lowest BCUT2D eigenvalue weighted by molar-refractivity contribution is -0.133. The zero-order valence-electron chi connectivity index (χ0n) is 13.9. The maximum absolute atomic E-state index is 12.7. The predicted molar refractivity (Wildman–Crippen MR) is 95.1 cm³/mol. The molecule has 0 saturated heterocycles. The second kappa shape index (κ2) is 8.49. The summed E-state index contributed by atoms with van der Waals surface area (Å²) in [7, 11) is 0. The van der Waals surface area contributed by atoms with E-state index in [1.165, 1.54) is 11.3 Å². The van der Waals surface area contributed by atoms with Crippen molar-refractivity contribution in [2.45, 2.75) is 32.9 Å². The van der Waals surface area contributed by atoms with Gasteiger partial charge in [-0.1, -0.05) is 31.2 Å². The molecular formula is C18H22N2O3S. The summed E-state index contributed by atoms with van der Waals surface area (Å²) in [6, 6.07) is 9.86. The fourth-order valence-corrected chi connectivity index (χ4v) is 3.03. The van der Waals surface area contributed by atoms with Gasteiger partial charge in [0.15, 0.2) is 0 Å². The molecule has 24 heavy (non-hydrogen) atoms. The van der Waals surface area contributed by atoms with E-state index >= 15 is 0 Å². The van der Waals surface area contributed by atoms with E-state index in [-0.39, 0.29) is 17.6 Å². The van der Waals surface area contributed by atoms with Gasteiger partial charge in [-0.3, -0.25) is 9.59 Å². The lowest BCUT2D eigenvalue weighted by Gasteiger charge is -2.26. The van der Waals surface area contributed by atoms with Gasteiger partial charge in [-0.15, -0.1) is 11.3 Å². The van der Waals surface area contributed by atoms with E-state index in [4.69, 9.17) is 0 Å². The van der Waals surface area contributed by atoms with Gasteiger partial charge in [0.25, 0.3) is 5.91 Å². The van der Waals surface area contributed by atoms with Crippen LogP contribution < -0.4 is 5.32 Å². The monoisotopic (exact) mass is 346 g/mol. The molecule has 128 valence electrons. The van der Waals surface area contributed by atoms with Gasteiger partial charge >= 0.3 is 0 Å². The predicted octanol–water partition coefficient (Wildman–Crippen LogP) is 3.01. The van der Waals surface area contributed by atoms with Crippen LogP contribution in [-0.2, 0) is 11.3 Å². The van der Waals surface area contributed by atoms with E-state index < -0.39 is 6.04 Å². The highest BCUT2D eigenvalue weighted by Crippen LogP contribution is 2.18. The van der Waals surface area contributed by atoms with E-state index in [1.807, 2.05) is 18.4 Å². The second-order valence-electron chi connectivity index (χ2n) is 5.56. The van der Waals surface area contributed by atoms with Crippen LogP contribution in [0.4, 0.5) is 0 Å². The Morgan fingerprint density at radius 2 is 2.00 bits per heavy atom. The molecule has 0 fully saturated rings. The number of thiophene rings is 1. The highest BCUT2D eigenvalue weighted by molar-refractivity contribution is 7.12. The average Bonchev–Trinajstić information content (AvgIpc) is 3.10. The van der Waals surface area contributed by atoms with Gasteiger partial charge in [-0.05, 0) is 30.9 Å². The highest BCUT2D eigenvalue weighted by atomic mass is 32.1. The molecule has 0 aliphatic carbocycles. The Morgan fingerprint density at radius 3 is 2.62 bits per heavy atom. The number of amides is 2. The number of hydrogen-bond donors (Lipinski definition) is 2. The maximum atomic E-state index is 12.7. The van der Waals surface area contributed by atoms with Crippen LogP contribution >= 0.6 is 11.3 Å². The van der Waals surface area contributed by atoms with Crippen molar-refractivity contribution >= 4 is 23.2 Å². The molecule has 0 saturated carbocycles. The van der Waals surface area contributed by atoms with Gasteiger partial charge in [-0.25, -0.2) is 0 Å². The van der Waals surface area contributed by atoms with Crippen LogP contribution in [0.5, 0.6) is 5.75 Å². The molecule has 1 aromatic carbocycles. The van der Waals surface area contributed by atoms with Crippen LogP contribution in [0.2, 0.25) is 0 Å². The Labute approximate surface area is 145 Å². The molecule has 1 atom stereocenters. The largest absolute Gasteiger partial charge is 0.508 e. The van der Waals surface area contributed by atoms with Crippen molar-refractivity contribution in [1.29, 1.82) is 0 Å². The molecule has 1 aromatic heterocycles. The van der Waals surface area contributed by atoms with Crippen LogP contribution in [0.1, 0.15) is 35.5 Å². The summed E-state index contributed by atoms with van der Waals surface area (Å²) in [4.78, 5) is 27.0. The number of nitrogens with one attached hydrogen (secondary N) is 1. The van der Waals surface area contributed by atoms with Gasteiger partial charge in [0, 0.05) is 18.7 Å². The van der Waals surface area contributed by atoms with Crippen LogP contribution in [-0.4, -0.2) is 34.4 Å². The molecule has 6 heteroatoms. The summed E-state index contributed by atoms with van der Waals surface area (Å²) in [5, 5.41) is 14.5. The van der Waals surface area contributed by atoms with E-state index in [2.05, 4.69) is 5.32 Å². The molecule has 0 unspecified atom stereocenters. The number of para-hydroxylation sites is 1. The number of hydrogen-bond acceptors (Lipinski definition) is 4.